The molecule has 27 heavy (non-hydrogen) atoms. The van der Waals surface area contributed by atoms with Crippen LogP contribution in [0.3, 0.4) is 0 Å². The molecule has 0 aliphatic heterocycles. The predicted octanol–water partition coefficient (Wildman–Crippen LogP) is 3.99. The largest absolute Gasteiger partial charge is 0.497 e. The standard InChI is InChI=1S/C19H15F2NO5/c1-24-13-4-6-15(17(9-13)25-2)19(23)26-10-12-8-18(27-22-12)14-5-3-11(20)7-16(14)21/h3-9H,10H2,1-2H3. The molecule has 0 bridgehead atoms. The van der Waals surface area contributed by atoms with E-state index in [2.05, 4.69) is 5.16 Å². The number of esters is 1. The first-order valence-electron chi connectivity index (χ1n) is 7.82. The highest BCUT2D eigenvalue weighted by Crippen LogP contribution is 2.27. The Hall–Kier alpha value is -3.42. The second-order valence-electron chi connectivity index (χ2n) is 5.45. The van der Waals surface area contributed by atoms with Gasteiger partial charge >= 0.3 is 5.97 Å². The fraction of sp³-hybridized carbons (Fsp3) is 0.158. The van der Waals surface area contributed by atoms with Gasteiger partial charge < -0.3 is 18.7 Å². The number of methoxy groups -OCH3 is 2. The average molecular weight is 375 g/mol. The van der Waals surface area contributed by atoms with Crippen molar-refractivity contribution in [3.05, 3.63) is 65.4 Å². The highest BCUT2D eigenvalue weighted by Gasteiger charge is 2.17. The molecule has 0 aliphatic rings. The fourth-order valence-electron chi connectivity index (χ4n) is 2.38. The van der Waals surface area contributed by atoms with Gasteiger partial charge in [-0.3, -0.25) is 0 Å². The van der Waals surface area contributed by atoms with Crippen LogP contribution in [-0.4, -0.2) is 25.3 Å². The quantitative estimate of drug-likeness (QED) is 0.607. The lowest BCUT2D eigenvalue weighted by Gasteiger charge is -2.09. The van der Waals surface area contributed by atoms with Crippen LogP contribution in [0.1, 0.15) is 16.1 Å². The van der Waals surface area contributed by atoms with E-state index in [9.17, 15) is 13.6 Å². The van der Waals surface area contributed by atoms with Crippen LogP contribution in [0.25, 0.3) is 11.3 Å². The summed E-state index contributed by atoms with van der Waals surface area (Å²) in [6.45, 7) is -0.194. The Kier molecular flexibility index (Phi) is 5.35. The van der Waals surface area contributed by atoms with Crippen LogP contribution >= 0.6 is 0 Å². The normalized spacial score (nSPS) is 10.5. The Labute approximate surface area is 153 Å². The number of nitrogens with zero attached hydrogens (tertiary/aromatic N) is 1. The molecule has 1 heterocycles. The zero-order chi connectivity index (χ0) is 19.4. The van der Waals surface area contributed by atoms with Crippen LogP contribution in [0.2, 0.25) is 0 Å². The van der Waals surface area contributed by atoms with Gasteiger partial charge in [-0.15, -0.1) is 0 Å². The number of benzene rings is 2. The molecule has 6 nitrogen and oxygen atoms in total. The third kappa shape index (κ3) is 4.05. The van der Waals surface area contributed by atoms with Gasteiger partial charge in [0.05, 0.1) is 19.8 Å². The zero-order valence-corrected chi connectivity index (χ0v) is 14.5. The molecule has 2 aromatic carbocycles. The van der Waals surface area contributed by atoms with Crippen molar-refractivity contribution < 1.29 is 32.3 Å². The molecule has 0 N–H and O–H groups in total. The Balaban J connectivity index is 1.71. The number of ether oxygens (including phenoxy) is 3. The maximum absolute atomic E-state index is 13.8. The van der Waals surface area contributed by atoms with Crippen LogP contribution in [0.4, 0.5) is 8.78 Å². The van der Waals surface area contributed by atoms with E-state index >= 15 is 0 Å². The van der Waals surface area contributed by atoms with Gasteiger partial charge in [-0.2, -0.15) is 0 Å². The molecule has 0 atom stereocenters. The van der Waals surface area contributed by atoms with Gasteiger partial charge in [0.2, 0.25) is 0 Å². The van der Waals surface area contributed by atoms with Crippen LogP contribution in [0.15, 0.2) is 47.0 Å². The predicted molar refractivity (Wildman–Crippen MR) is 90.5 cm³/mol. The van der Waals surface area contributed by atoms with Crippen molar-refractivity contribution in [2.24, 2.45) is 0 Å². The van der Waals surface area contributed by atoms with E-state index < -0.39 is 17.6 Å². The van der Waals surface area contributed by atoms with E-state index in [-0.39, 0.29) is 29.2 Å². The molecule has 140 valence electrons. The SMILES string of the molecule is COc1ccc(C(=O)OCc2cc(-c3ccc(F)cc3F)on2)c(OC)c1. The first-order chi connectivity index (χ1) is 13.0. The number of hydrogen-bond acceptors (Lipinski definition) is 6. The van der Waals surface area contributed by atoms with Crippen LogP contribution < -0.4 is 9.47 Å². The number of carbonyl (C=O) groups is 1. The van der Waals surface area contributed by atoms with Gasteiger partial charge in [0.15, 0.2) is 5.76 Å². The Morgan fingerprint density at radius 3 is 2.59 bits per heavy atom. The van der Waals surface area contributed by atoms with Gasteiger partial charge in [0, 0.05) is 18.2 Å². The summed E-state index contributed by atoms with van der Waals surface area (Å²) in [4.78, 5) is 12.3. The first kappa shape index (κ1) is 18.4. The van der Waals surface area contributed by atoms with Gasteiger partial charge in [0.25, 0.3) is 0 Å². The molecule has 0 aliphatic carbocycles. The summed E-state index contributed by atoms with van der Waals surface area (Å²) in [7, 11) is 2.92. The molecular weight excluding hydrogens is 360 g/mol. The number of carbonyl (C=O) groups excluding carboxylic acids is 1. The molecule has 8 heteroatoms. The van der Waals surface area contributed by atoms with Crippen LogP contribution in [0, 0.1) is 11.6 Å². The minimum absolute atomic E-state index is 0.0540. The van der Waals surface area contributed by atoms with E-state index in [1.54, 1.807) is 12.1 Å². The Bertz CT molecular complexity index is 970. The second-order valence-corrected chi connectivity index (χ2v) is 5.45. The lowest BCUT2D eigenvalue weighted by Crippen LogP contribution is -2.07. The minimum atomic E-state index is -0.780. The third-order valence-corrected chi connectivity index (χ3v) is 3.74. The summed E-state index contributed by atoms with van der Waals surface area (Å²) in [6, 6.07) is 9.18. The lowest BCUT2D eigenvalue weighted by molar-refractivity contribution is 0.0460. The summed E-state index contributed by atoms with van der Waals surface area (Å²) in [6.07, 6.45) is 0. The zero-order valence-electron chi connectivity index (χ0n) is 14.5. The van der Waals surface area contributed by atoms with Crippen molar-refractivity contribution in [1.29, 1.82) is 0 Å². The van der Waals surface area contributed by atoms with E-state index in [0.29, 0.717) is 11.5 Å². The van der Waals surface area contributed by atoms with Crippen molar-refractivity contribution in [3.8, 4) is 22.8 Å². The highest BCUT2D eigenvalue weighted by atomic mass is 19.1. The number of aromatic nitrogens is 1. The van der Waals surface area contributed by atoms with Gasteiger partial charge in [-0.25, -0.2) is 13.6 Å². The molecule has 0 saturated heterocycles. The van der Waals surface area contributed by atoms with Crippen molar-refractivity contribution >= 4 is 5.97 Å². The summed E-state index contributed by atoms with van der Waals surface area (Å²) < 4.78 is 47.2. The van der Waals surface area contributed by atoms with Crippen molar-refractivity contribution in [1.82, 2.24) is 5.16 Å². The monoisotopic (exact) mass is 375 g/mol. The second kappa shape index (κ2) is 7.86. The molecule has 0 amide bonds. The molecular formula is C19H15F2NO5. The summed E-state index contributed by atoms with van der Waals surface area (Å²) in [5.41, 5.74) is 0.541. The first-order valence-corrected chi connectivity index (χ1v) is 7.82. The molecule has 0 fully saturated rings. The van der Waals surface area contributed by atoms with Gasteiger partial charge in [-0.05, 0) is 24.3 Å². The smallest absolute Gasteiger partial charge is 0.342 e. The van der Waals surface area contributed by atoms with Gasteiger partial charge in [0.1, 0.15) is 41.0 Å². The minimum Gasteiger partial charge on any atom is -0.497 e. The Morgan fingerprint density at radius 1 is 1.07 bits per heavy atom. The lowest BCUT2D eigenvalue weighted by atomic mass is 10.1. The maximum Gasteiger partial charge on any atom is 0.342 e. The molecule has 0 unspecified atom stereocenters. The molecule has 1 aromatic heterocycles. The van der Waals surface area contributed by atoms with Crippen molar-refractivity contribution in [2.45, 2.75) is 6.61 Å². The highest BCUT2D eigenvalue weighted by molar-refractivity contribution is 5.92. The fourth-order valence-corrected chi connectivity index (χ4v) is 2.38. The van der Waals surface area contributed by atoms with E-state index in [4.69, 9.17) is 18.7 Å². The van der Waals surface area contributed by atoms with E-state index in [0.717, 1.165) is 12.1 Å². The molecule has 0 saturated carbocycles. The average Bonchev–Trinajstić information content (AvgIpc) is 3.14. The number of rotatable bonds is 6. The number of halogens is 2. The van der Waals surface area contributed by atoms with Crippen LogP contribution in [0.5, 0.6) is 11.5 Å². The molecule has 3 aromatic rings. The topological polar surface area (TPSA) is 70.8 Å². The molecule has 0 radical (unpaired) electrons. The molecule has 0 spiro atoms. The van der Waals surface area contributed by atoms with Gasteiger partial charge in [-0.1, -0.05) is 5.16 Å². The maximum atomic E-state index is 13.8. The summed E-state index contributed by atoms with van der Waals surface area (Å²) in [5.74, 6) is -1.18. The van der Waals surface area contributed by atoms with Crippen molar-refractivity contribution in [2.75, 3.05) is 14.2 Å². The third-order valence-electron chi connectivity index (χ3n) is 3.74. The summed E-state index contributed by atoms with van der Waals surface area (Å²) in [5, 5.41) is 3.73. The number of hydrogen-bond donors (Lipinski definition) is 0. The van der Waals surface area contributed by atoms with Crippen molar-refractivity contribution in [3.63, 3.8) is 0 Å². The summed E-state index contributed by atoms with van der Waals surface area (Å²) >= 11 is 0. The van der Waals surface area contributed by atoms with Crippen LogP contribution in [-0.2, 0) is 11.3 Å². The van der Waals surface area contributed by atoms with E-state index in [1.807, 2.05) is 0 Å². The molecule has 3 rings (SSSR count). The van der Waals surface area contributed by atoms with E-state index in [1.165, 1.54) is 32.4 Å². The Morgan fingerprint density at radius 2 is 1.89 bits per heavy atom.